The summed E-state index contributed by atoms with van der Waals surface area (Å²) in [6, 6.07) is 4.19. The fourth-order valence-electron chi connectivity index (χ4n) is 1.73. The van der Waals surface area contributed by atoms with Crippen LogP contribution < -0.4 is 9.47 Å². The van der Waals surface area contributed by atoms with Gasteiger partial charge < -0.3 is 9.47 Å². The topological polar surface area (TPSA) is 18.5 Å². The Hall–Kier alpha value is -1.18. The molecule has 2 rings (SSSR count). The zero-order valence-corrected chi connectivity index (χ0v) is 12.8. The first-order valence-electron chi connectivity index (χ1n) is 7.20. The van der Waals surface area contributed by atoms with Gasteiger partial charge in [-0.3, -0.25) is 0 Å². The first-order valence-corrected chi connectivity index (χ1v) is 7.20. The minimum Gasteiger partial charge on any atom is -0.490 e. The molecule has 2 heteroatoms. The summed E-state index contributed by atoms with van der Waals surface area (Å²) in [7, 11) is 0. The van der Waals surface area contributed by atoms with Crippen LogP contribution in [0.25, 0.3) is 0 Å². The molecule has 0 aromatic heterocycles. The summed E-state index contributed by atoms with van der Waals surface area (Å²) < 4.78 is 11.2. The van der Waals surface area contributed by atoms with E-state index < -0.39 is 0 Å². The molecular formula is C16H28O2. The monoisotopic (exact) mass is 252 g/mol. The summed E-state index contributed by atoms with van der Waals surface area (Å²) in [6.07, 6.45) is 2.01. The van der Waals surface area contributed by atoms with Crippen LogP contribution in [0, 0.1) is 6.92 Å². The highest BCUT2D eigenvalue weighted by molar-refractivity contribution is 5.47. The van der Waals surface area contributed by atoms with Crippen molar-refractivity contribution in [2.24, 2.45) is 0 Å². The molecule has 1 aliphatic heterocycles. The Balaban J connectivity index is 0.000000659. The van der Waals surface area contributed by atoms with Crippen LogP contribution in [-0.4, -0.2) is 13.2 Å². The van der Waals surface area contributed by atoms with E-state index in [1.54, 1.807) is 0 Å². The Morgan fingerprint density at radius 1 is 0.944 bits per heavy atom. The van der Waals surface area contributed by atoms with Crippen molar-refractivity contribution in [3.8, 4) is 11.5 Å². The van der Waals surface area contributed by atoms with E-state index in [1.165, 1.54) is 11.1 Å². The van der Waals surface area contributed by atoms with E-state index in [1.807, 2.05) is 27.7 Å². The predicted molar refractivity (Wildman–Crippen MR) is 78.9 cm³/mol. The highest BCUT2D eigenvalue weighted by Crippen LogP contribution is 2.32. The summed E-state index contributed by atoms with van der Waals surface area (Å²) in [5.74, 6) is 1.81. The Morgan fingerprint density at radius 2 is 1.44 bits per heavy atom. The number of benzene rings is 1. The average Bonchev–Trinajstić information content (AvgIpc) is 2.67. The lowest BCUT2D eigenvalue weighted by Crippen LogP contribution is -1.97. The van der Waals surface area contributed by atoms with Gasteiger partial charge >= 0.3 is 0 Å². The summed E-state index contributed by atoms with van der Waals surface area (Å²) in [6.45, 7) is 13.8. The Bertz CT molecular complexity index is 332. The molecule has 0 amide bonds. The lowest BCUT2D eigenvalue weighted by molar-refractivity contribution is 0.297. The largest absolute Gasteiger partial charge is 0.490 e. The van der Waals surface area contributed by atoms with Gasteiger partial charge in [-0.15, -0.1) is 0 Å². The number of ether oxygens (including phenoxy) is 2. The Labute approximate surface area is 112 Å². The summed E-state index contributed by atoms with van der Waals surface area (Å²) in [5, 5.41) is 0. The van der Waals surface area contributed by atoms with Gasteiger partial charge in [0.15, 0.2) is 11.5 Å². The fraction of sp³-hybridized carbons (Fsp3) is 0.625. The normalized spacial score (nSPS) is 12.3. The number of aryl methyl sites for hydroxylation is 2. The third kappa shape index (κ3) is 4.59. The smallest absolute Gasteiger partial charge is 0.161 e. The molecule has 0 saturated carbocycles. The maximum absolute atomic E-state index is 5.62. The first kappa shape index (κ1) is 16.8. The van der Waals surface area contributed by atoms with Crippen molar-refractivity contribution < 1.29 is 9.47 Å². The number of hydrogen-bond donors (Lipinski definition) is 0. The molecule has 104 valence electrons. The highest BCUT2D eigenvalue weighted by atomic mass is 16.5. The van der Waals surface area contributed by atoms with E-state index in [0.717, 1.165) is 37.6 Å². The molecule has 0 bridgehead atoms. The molecule has 0 saturated heterocycles. The Morgan fingerprint density at radius 3 is 1.94 bits per heavy atom. The molecule has 0 N–H and O–H groups in total. The zero-order valence-electron chi connectivity index (χ0n) is 12.8. The van der Waals surface area contributed by atoms with Crippen molar-refractivity contribution in [2.45, 2.75) is 54.4 Å². The van der Waals surface area contributed by atoms with Gasteiger partial charge in [0.2, 0.25) is 0 Å². The van der Waals surface area contributed by atoms with Crippen molar-refractivity contribution in [3.05, 3.63) is 23.3 Å². The SMILES string of the molecule is CC.CC.CCc1cc2c(cc1C)OCCCO2. The van der Waals surface area contributed by atoms with Crippen LogP contribution in [-0.2, 0) is 6.42 Å². The van der Waals surface area contributed by atoms with Gasteiger partial charge in [0.1, 0.15) is 0 Å². The minimum absolute atomic E-state index is 0.762. The number of fused-ring (bicyclic) bond motifs is 1. The second kappa shape index (κ2) is 9.81. The lowest BCUT2D eigenvalue weighted by atomic mass is 10.1. The molecule has 2 nitrogen and oxygen atoms in total. The highest BCUT2D eigenvalue weighted by Gasteiger charge is 2.11. The molecule has 0 atom stereocenters. The van der Waals surface area contributed by atoms with Gasteiger partial charge in [0, 0.05) is 6.42 Å². The van der Waals surface area contributed by atoms with Crippen molar-refractivity contribution in [1.29, 1.82) is 0 Å². The van der Waals surface area contributed by atoms with E-state index in [2.05, 4.69) is 26.0 Å². The number of hydrogen-bond acceptors (Lipinski definition) is 2. The maximum atomic E-state index is 5.62. The molecule has 0 unspecified atom stereocenters. The standard InChI is InChI=1S/C12H16O2.2C2H6/c1-3-10-8-12-11(7-9(10)2)13-5-4-6-14-12;2*1-2/h7-8H,3-6H2,1-2H3;2*1-2H3. The molecule has 18 heavy (non-hydrogen) atoms. The lowest BCUT2D eigenvalue weighted by Gasteiger charge is -2.11. The van der Waals surface area contributed by atoms with Crippen molar-refractivity contribution >= 4 is 0 Å². The second-order valence-corrected chi connectivity index (χ2v) is 3.63. The first-order chi connectivity index (χ1) is 8.81. The molecule has 1 aromatic rings. The molecule has 0 spiro atoms. The molecule has 0 aliphatic carbocycles. The minimum atomic E-state index is 0.762. The van der Waals surface area contributed by atoms with Gasteiger partial charge in [0.05, 0.1) is 13.2 Å². The molecule has 1 aliphatic rings. The maximum Gasteiger partial charge on any atom is 0.161 e. The van der Waals surface area contributed by atoms with E-state index in [4.69, 9.17) is 9.47 Å². The second-order valence-electron chi connectivity index (χ2n) is 3.63. The van der Waals surface area contributed by atoms with Crippen molar-refractivity contribution in [1.82, 2.24) is 0 Å². The number of rotatable bonds is 1. The van der Waals surface area contributed by atoms with E-state index >= 15 is 0 Å². The quantitative estimate of drug-likeness (QED) is 0.716. The van der Waals surface area contributed by atoms with E-state index in [9.17, 15) is 0 Å². The van der Waals surface area contributed by atoms with Gasteiger partial charge in [-0.1, -0.05) is 34.6 Å². The molecular weight excluding hydrogens is 224 g/mol. The van der Waals surface area contributed by atoms with Gasteiger partial charge in [-0.25, -0.2) is 0 Å². The third-order valence-corrected chi connectivity index (χ3v) is 2.59. The van der Waals surface area contributed by atoms with Crippen molar-refractivity contribution in [2.75, 3.05) is 13.2 Å². The van der Waals surface area contributed by atoms with Crippen LogP contribution in [0.1, 0.15) is 52.2 Å². The van der Waals surface area contributed by atoms with Gasteiger partial charge in [-0.2, -0.15) is 0 Å². The van der Waals surface area contributed by atoms with E-state index in [0.29, 0.717) is 0 Å². The van der Waals surface area contributed by atoms with Crippen LogP contribution in [0.4, 0.5) is 0 Å². The van der Waals surface area contributed by atoms with Crippen LogP contribution >= 0.6 is 0 Å². The summed E-state index contributed by atoms with van der Waals surface area (Å²) in [4.78, 5) is 0. The molecule has 0 fully saturated rings. The summed E-state index contributed by atoms with van der Waals surface area (Å²) in [5.41, 5.74) is 2.63. The third-order valence-electron chi connectivity index (χ3n) is 2.59. The van der Waals surface area contributed by atoms with E-state index in [-0.39, 0.29) is 0 Å². The van der Waals surface area contributed by atoms with Gasteiger partial charge in [0.25, 0.3) is 0 Å². The predicted octanol–water partition coefficient (Wildman–Crippen LogP) is 4.77. The van der Waals surface area contributed by atoms with Gasteiger partial charge in [-0.05, 0) is 36.6 Å². The molecule has 1 aromatic carbocycles. The van der Waals surface area contributed by atoms with Crippen LogP contribution in [0.15, 0.2) is 12.1 Å². The van der Waals surface area contributed by atoms with Crippen LogP contribution in [0.2, 0.25) is 0 Å². The van der Waals surface area contributed by atoms with Crippen molar-refractivity contribution in [3.63, 3.8) is 0 Å². The zero-order chi connectivity index (χ0) is 14.0. The van der Waals surface area contributed by atoms with Crippen LogP contribution in [0.5, 0.6) is 11.5 Å². The van der Waals surface area contributed by atoms with Crippen LogP contribution in [0.3, 0.4) is 0 Å². The summed E-state index contributed by atoms with van der Waals surface area (Å²) >= 11 is 0. The molecule has 0 radical (unpaired) electrons. The molecule has 1 heterocycles. The average molecular weight is 252 g/mol. The Kier molecular flexibility index (Phi) is 9.17. The fourth-order valence-corrected chi connectivity index (χ4v) is 1.73.